The lowest BCUT2D eigenvalue weighted by Crippen LogP contribution is -2.15. The minimum atomic E-state index is -0.689. The van der Waals surface area contributed by atoms with E-state index >= 15 is 0 Å². The smallest absolute Gasteiger partial charge is 0.171 e. The predicted molar refractivity (Wildman–Crippen MR) is 77.6 cm³/mol. The number of hydrogen-bond acceptors (Lipinski definition) is 3. The molecule has 20 heavy (non-hydrogen) atoms. The zero-order valence-electron chi connectivity index (χ0n) is 11.7. The maximum Gasteiger partial charge on any atom is 0.171 e. The zero-order chi connectivity index (χ0) is 14.7. The molecule has 0 saturated carbocycles. The maximum atomic E-state index is 13.9. The average Bonchev–Trinajstić information content (AvgIpc) is 2.42. The van der Waals surface area contributed by atoms with Crippen molar-refractivity contribution in [1.82, 2.24) is 4.98 Å². The number of aromatic nitrogens is 1. The Labute approximate surface area is 117 Å². The molecule has 1 aromatic heterocycles. The second-order valence-corrected chi connectivity index (χ2v) is 4.55. The van der Waals surface area contributed by atoms with Gasteiger partial charge in [0, 0.05) is 25.3 Å². The molecule has 0 saturated heterocycles. The van der Waals surface area contributed by atoms with Crippen molar-refractivity contribution in [3.05, 3.63) is 47.5 Å². The molecule has 3 nitrogen and oxygen atoms in total. The number of benzene rings is 1. The highest BCUT2D eigenvalue weighted by molar-refractivity contribution is 5.61. The third-order valence-corrected chi connectivity index (χ3v) is 2.99. The number of nitrogens with one attached hydrogen (secondary N) is 1. The summed E-state index contributed by atoms with van der Waals surface area (Å²) in [7, 11) is 1.70. The molecule has 0 unspecified atom stereocenters. The van der Waals surface area contributed by atoms with Crippen molar-refractivity contribution in [2.75, 3.05) is 23.8 Å². The van der Waals surface area contributed by atoms with Crippen LogP contribution in [0.25, 0.3) is 0 Å². The van der Waals surface area contributed by atoms with Gasteiger partial charge in [0.1, 0.15) is 0 Å². The van der Waals surface area contributed by atoms with Crippen molar-refractivity contribution in [2.45, 2.75) is 13.8 Å². The van der Waals surface area contributed by atoms with Gasteiger partial charge in [-0.15, -0.1) is 0 Å². The van der Waals surface area contributed by atoms with E-state index in [1.165, 1.54) is 0 Å². The SMILES string of the molecule is CCNc1nc(N(C)c2ccc(C)cc2)c(F)cc1F. The summed E-state index contributed by atoms with van der Waals surface area (Å²) in [5.74, 6) is -1.23. The second kappa shape index (κ2) is 5.86. The summed E-state index contributed by atoms with van der Waals surface area (Å²) in [4.78, 5) is 5.62. The van der Waals surface area contributed by atoms with Crippen molar-refractivity contribution >= 4 is 17.3 Å². The van der Waals surface area contributed by atoms with Gasteiger partial charge in [-0.3, -0.25) is 0 Å². The van der Waals surface area contributed by atoms with Gasteiger partial charge in [-0.1, -0.05) is 17.7 Å². The van der Waals surface area contributed by atoms with Crippen molar-refractivity contribution in [3.8, 4) is 0 Å². The van der Waals surface area contributed by atoms with Crippen LogP contribution in [0.4, 0.5) is 26.1 Å². The van der Waals surface area contributed by atoms with Gasteiger partial charge in [-0.05, 0) is 26.0 Å². The molecule has 1 N–H and O–H groups in total. The van der Waals surface area contributed by atoms with E-state index in [-0.39, 0.29) is 11.6 Å². The van der Waals surface area contributed by atoms with Crippen LogP contribution in [0.2, 0.25) is 0 Å². The number of hydrogen-bond donors (Lipinski definition) is 1. The van der Waals surface area contributed by atoms with E-state index in [9.17, 15) is 8.78 Å². The standard InChI is InChI=1S/C15H17F2N3/c1-4-18-14-12(16)9-13(17)15(19-14)20(3)11-7-5-10(2)6-8-11/h5-9H,4H2,1-3H3,(H,18,19). The van der Waals surface area contributed by atoms with E-state index in [2.05, 4.69) is 10.3 Å². The highest BCUT2D eigenvalue weighted by Crippen LogP contribution is 2.27. The molecule has 5 heteroatoms. The number of nitrogens with zero attached hydrogens (tertiary/aromatic N) is 2. The van der Waals surface area contributed by atoms with Crippen LogP contribution >= 0.6 is 0 Å². The summed E-state index contributed by atoms with van der Waals surface area (Å²) in [5.41, 5.74) is 1.90. The van der Waals surface area contributed by atoms with E-state index < -0.39 is 11.6 Å². The summed E-state index contributed by atoms with van der Waals surface area (Å²) < 4.78 is 27.5. The lowest BCUT2D eigenvalue weighted by Gasteiger charge is -2.20. The van der Waals surface area contributed by atoms with E-state index in [1.807, 2.05) is 38.1 Å². The molecular weight excluding hydrogens is 260 g/mol. The zero-order valence-corrected chi connectivity index (χ0v) is 11.7. The average molecular weight is 277 g/mol. The van der Waals surface area contributed by atoms with E-state index in [0.717, 1.165) is 17.3 Å². The fourth-order valence-electron chi connectivity index (χ4n) is 1.87. The first-order valence-corrected chi connectivity index (χ1v) is 6.43. The Morgan fingerprint density at radius 1 is 1.15 bits per heavy atom. The Morgan fingerprint density at radius 2 is 1.80 bits per heavy atom. The van der Waals surface area contributed by atoms with Gasteiger partial charge in [-0.2, -0.15) is 0 Å². The van der Waals surface area contributed by atoms with Crippen molar-refractivity contribution in [3.63, 3.8) is 0 Å². The minimum absolute atomic E-state index is 0.0582. The Bertz CT molecular complexity index is 597. The van der Waals surface area contributed by atoms with Gasteiger partial charge in [0.15, 0.2) is 23.3 Å². The fraction of sp³-hybridized carbons (Fsp3) is 0.267. The first kappa shape index (κ1) is 14.2. The van der Waals surface area contributed by atoms with Crippen LogP contribution < -0.4 is 10.2 Å². The lowest BCUT2D eigenvalue weighted by atomic mass is 10.2. The Balaban J connectivity index is 2.40. The Hall–Kier alpha value is -2.17. The molecular formula is C15H17F2N3. The van der Waals surface area contributed by atoms with Gasteiger partial charge >= 0.3 is 0 Å². The van der Waals surface area contributed by atoms with Crippen molar-refractivity contribution in [1.29, 1.82) is 0 Å². The van der Waals surface area contributed by atoms with Gasteiger partial charge < -0.3 is 10.2 Å². The maximum absolute atomic E-state index is 13.9. The van der Waals surface area contributed by atoms with Crippen LogP contribution in [0.3, 0.4) is 0 Å². The normalized spacial score (nSPS) is 10.4. The van der Waals surface area contributed by atoms with E-state index in [4.69, 9.17) is 0 Å². The summed E-state index contributed by atoms with van der Waals surface area (Å²) in [6.07, 6.45) is 0. The number of anilines is 3. The summed E-state index contributed by atoms with van der Waals surface area (Å²) >= 11 is 0. The second-order valence-electron chi connectivity index (χ2n) is 4.55. The molecule has 1 heterocycles. The third kappa shape index (κ3) is 2.87. The molecule has 0 amide bonds. The van der Waals surface area contributed by atoms with Crippen LogP contribution in [-0.2, 0) is 0 Å². The van der Waals surface area contributed by atoms with Gasteiger partial charge in [-0.25, -0.2) is 13.8 Å². The first-order valence-electron chi connectivity index (χ1n) is 6.43. The molecule has 0 radical (unpaired) electrons. The van der Waals surface area contributed by atoms with Gasteiger partial charge in [0.25, 0.3) is 0 Å². The highest BCUT2D eigenvalue weighted by atomic mass is 19.1. The monoisotopic (exact) mass is 277 g/mol. The Morgan fingerprint density at radius 3 is 2.40 bits per heavy atom. The van der Waals surface area contributed by atoms with Crippen molar-refractivity contribution in [2.24, 2.45) is 0 Å². The summed E-state index contributed by atoms with van der Waals surface area (Å²) in [6.45, 7) is 4.32. The van der Waals surface area contributed by atoms with E-state index in [1.54, 1.807) is 11.9 Å². The molecule has 0 fully saturated rings. The quantitative estimate of drug-likeness (QED) is 0.919. The largest absolute Gasteiger partial charge is 0.368 e. The molecule has 2 aromatic rings. The number of halogens is 2. The molecule has 0 aliphatic rings. The molecule has 0 atom stereocenters. The number of rotatable bonds is 4. The number of aryl methyl sites for hydroxylation is 1. The minimum Gasteiger partial charge on any atom is -0.368 e. The predicted octanol–water partition coefficient (Wildman–Crippen LogP) is 3.87. The van der Waals surface area contributed by atoms with Gasteiger partial charge in [0.05, 0.1) is 0 Å². The van der Waals surface area contributed by atoms with Gasteiger partial charge in [0.2, 0.25) is 0 Å². The summed E-state index contributed by atoms with van der Waals surface area (Å²) in [6, 6.07) is 8.45. The molecule has 0 aliphatic heterocycles. The molecule has 0 spiro atoms. The van der Waals surface area contributed by atoms with Crippen LogP contribution in [0, 0.1) is 18.6 Å². The Kier molecular flexibility index (Phi) is 4.17. The van der Waals surface area contributed by atoms with Crippen LogP contribution in [-0.4, -0.2) is 18.6 Å². The molecule has 106 valence electrons. The lowest BCUT2D eigenvalue weighted by molar-refractivity contribution is 0.576. The fourth-order valence-corrected chi connectivity index (χ4v) is 1.87. The summed E-state index contributed by atoms with van der Waals surface area (Å²) in [5, 5.41) is 2.78. The van der Waals surface area contributed by atoms with Crippen LogP contribution in [0.1, 0.15) is 12.5 Å². The molecule has 0 aliphatic carbocycles. The first-order chi connectivity index (χ1) is 9.52. The molecule has 1 aromatic carbocycles. The number of pyridine rings is 1. The molecule has 0 bridgehead atoms. The highest BCUT2D eigenvalue weighted by Gasteiger charge is 2.15. The topological polar surface area (TPSA) is 28.2 Å². The molecule has 2 rings (SSSR count). The third-order valence-electron chi connectivity index (χ3n) is 2.99. The van der Waals surface area contributed by atoms with E-state index in [0.29, 0.717) is 6.54 Å². The van der Waals surface area contributed by atoms with Crippen LogP contribution in [0.15, 0.2) is 30.3 Å². The van der Waals surface area contributed by atoms with Crippen LogP contribution in [0.5, 0.6) is 0 Å². The van der Waals surface area contributed by atoms with Crippen molar-refractivity contribution < 1.29 is 8.78 Å².